The highest BCUT2D eigenvalue weighted by Gasteiger charge is 2.10. The minimum absolute atomic E-state index is 0.0892. The summed E-state index contributed by atoms with van der Waals surface area (Å²) in [6.07, 6.45) is 1.23. The SMILES string of the molecule is O=[N+]([O-])c1cccc(/C=N\n2c(-c3ccccc3)n[nH]c2=S)c1[O-]. The fraction of sp³-hybridized carbons (Fsp3) is 0. The fourth-order valence-corrected chi connectivity index (χ4v) is 2.26. The number of aromatic nitrogens is 3. The van der Waals surface area contributed by atoms with Crippen molar-refractivity contribution in [3.63, 3.8) is 0 Å². The number of H-pyrrole nitrogens is 1. The second-order valence-corrected chi connectivity index (χ2v) is 5.11. The van der Waals surface area contributed by atoms with Gasteiger partial charge in [-0.25, -0.2) is 5.10 Å². The van der Waals surface area contributed by atoms with Crippen LogP contribution in [0.25, 0.3) is 11.4 Å². The van der Waals surface area contributed by atoms with Crippen LogP contribution in [0.1, 0.15) is 5.56 Å². The molecule has 0 aliphatic carbocycles. The summed E-state index contributed by atoms with van der Waals surface area (Å²) in [5, 5.41) is 33.7. The molecule has 0 aliphatic rings. The maximum absolute atomic E-state index is 12.0. The quantitative estimate of drug-likeness (QED) is 0.339. The van der Waals surface area contributed by atoms with Gasteiger partial charge in [-0.3, -0.25) is 10.1 Å². The summed E-state index contributed by atoms with van der Waals surface area (Å²) < 4.78 is 1.59. The Morgan fingerprint density at radius 1 is 1.21 bits per heavy atom. The van der Waals surface area contributed by atoms with Crippen LogP contribution in [0.3, 0.4) is 0 Å². The minimum Gasteiger partial charge on any atom is -0.867 e. The van der Waals surface area contributed by atoms with E-state index in [2.05, 4.69) is 15.3 Å². The third kappa shape index (κ3) is 2.92. The first-order valence-electron chi connectivity index (χ1n) is 6.79. The summed E-state index contributed by atoms with van der Waals surface area (Å²) in [6, 6.07) is 13.3. The minimum atomic E-state index is -0.724. The van der Waals surface area contributed by atoms with Crippen molar-refractivity contribution < 1.29 is 10.0 Å². The van der Waals surface area contributed by atoms with E-state index in [1.165, 1.54) is 23.0 Å². The molecule has 3 aromatic rings. The Hall–Kier alpha value is -3.33. The number of para-hydroxylation sites is 1. The highest BCUT2D eigenvalue weighted by molar-refractivity contribution is 7.71. The lowest BCUT2D eigenvalue weighted by Crippen LogP contribution is -2.02. The molecule has 0 amide bonds. The van der Waals surface area contributed by atoms with E-state index < -0.39 is 16.4 Å². The molecule has 1 aromatic heterocycles. The first-order chi connectivity index (χ1) is 11.6. The lowest BCUT2D eigenvalue weighted by molar-refractivity contribution is -0.398. The van der Waals surface area contributed by atoms with E-state index >= 15 is 0 Å². The normalized spacial score (nSPS) is 11.0. The van der Waals surface area contributed by atoms with Gasteiger partial charge in [0.1, 0.15) is 0 Å². The van der Waals surface area contributed by atoms with E-state index in [9.17, 15) is 15.2 Å². The predicted molar refractivity (Wildman–Crippen MR) is 88.4 cm³/mol. The summed E-state index contributed by atoms with van der Waals surface area (Å²) in [5.41, 5.74) is 0.368. The molecule has 120 valence electrons. The van der Waals surface area contributed by atoms with E-state index in [0.29, 0.717) is 5.82 Å². The molecule has 8 nitrogen and oxygen atoms in total. The Labute approximate surface area is 140 Å². The Bertz CT molecular complexity index is 978. The molecular weight excluding hydrogens is 330 g/mol. The fourth-order valence-electron chi connectivity index (χ4n) is 2.08. The van der Waals surface area contributed by atoms with Gasteiger partial charge >= 0.3 is 0 Å². The first-order valence-corrected chi connectivity index (χ1v) is 7.20. The van der Waals surface area contributed by atoms with Gasteiger partial charge in [0.15, 0.2) is 5.82 Å². The molecule has 24 heavy (non-hydrogen) atoms. The summed E-state index contributed by atoms with van der Waals surface area (Å²) in [4.78, 5) is 10.1. The summed E-state index contributed by atoms with van der Waals surface area (Å²) in [5.74, 6) is -0.239. The molecule has 3 rings (SSSR count). The number of benzene rings is 2. The number of nitrogens with zero attached hydrogens (tertiary/aromatic N) is 4. The monoisotopic (exact) mass is 340 g/mol. The van der Waals surface area contributed by atoms with Gasteiger partial charge in [-0.15, -0.1) is 0 Å². The van der Waals surface area contributed by atoms with Crippen LogP contribution in [-0.4, -0.2) is 26.0 Å². The third-order valence-electron chi connectivity index (χ3n) is 3.22. The molecule has 1 N–H and O–H groups in total. The smallest absolute Gasteiger partial charge is 0.262 e. The molecule has 0 spiro atoms. The average molecular weight is 340 g/mol. The second-order valence-electron chi connectivity index (χ2n) is 4.73. The Morgan fingerprint density at radius 2 is 1.96 bits per heavy atom. The van der Waals surface area contributed by atoms with E-state index in [0.717, 1.165) is 11.6 Å². The predicted octanol–water partition coefficient (Wildman–Crippen LogP) is 2.47. The van der Waals surface area contributed by atoms with Crippen LogP contribution < -0.4 is 5.11 Å². The molecule has 0 unspecified atom stereocenters. The molecule has 1 heterocycles. The topological polar surface area (TPSA) is 112 Å². The number of hydrogen-bond acceptors (Lipinski definition) is 6. The Balaban J connectivity index is 2.03. The van der Waals surface area contributed by atoms with E-state index in [1.807, 2.05) is 30.3 Å². The number of nitro groups is 1. The van der Waals surface area contributed by atoms with Crippen molar-refractivity contribution in [3.05, 3.63) is 69.0 Å². The summed E-state index contributed by atoms with van der Waals surface area (Å²) in [6.45, 7) is 0. The molecular formula is C15H10N5O3S-. The van der Waals surface area contributed by atoms with Gasteiger partial charge in [-0.2, -0.15) is 14.9 Å². The third-order valence-corrected chi connectivity index (χ3v) is 3.48. The zero-order chi connectivity index (χ0) is 17.1. The molecule has 0 saturated carbocycles. The van der Waals surface area contributed by atoms with Gasteiger partial charge < -0.3 is 5.11 Å². The van der Waals surface area contributed by atoms with E-state index in [-0.39, 0.29) is 10.3 Å². The van der Waals surface area contributed by atoms with Crippen LogP contribution in [0, 0.1) is 14.9 Å². The Kier molecular flexibility index (Phi) is 4.17. The maximum Gasteiger partial charge on any atom is 0.262 e. The molecule has 2 aromatic carbocycles. The van der Waals surface area contributed by atoms with Crippen molar-refractivity contribution in [2.24, 2.45) is 5.10 Å². The van der Waals surface area contributed by atoms with Gasteiger partial charge in [-0.05, 0) is 23.5 Å². The standard InChI is InChI=1S/C15H11N5O3S/c21-13-11(7-4-8-12(13)20(22)23)9-16-19-14(17-18-15(19)24)10-5-2-1-3-6-10/h1-9,21H,(H,18,24)/p-1/b16-9-. The van der Waals surface area contributed by atoms with Gasteiger partial charge in [0.25, 0.3) is 5.69 Å². The number of nitrogens with one attached hydrogen (secondary N) is 1. The van der Waals surface area contributed by atoms with Crippen molar-refractivity contribution in [3.8, 4) is 17.1 Å². The molecule has 0 saturated heterocycles. The van der Waals surface area contributed by atoms with Crippen molar-refractivity contribution in [2.75, 3.05) is 0 Å². The molecule has 0 bridgehead atoms. The maximum atomic E-state index is 12.0. The van der Waals surface area contributed by atoms with Gasteiger partial charge in [0.05, 0.1) is 11.1 Å². The number of aromatic amines is 1. The van der Waals surface area contributed by atoms with Crippen LogP contribution in [0.5, 0.6) is 5.75 Å². The number of rotatable bonds is 4. The van der Waals surface area contributed by atoms with Crippen LogP contribution >= 0.6 is 12.2 Å². The van der Waals surface area contributed by atoms with Crippen molar-refractivity contribution >= 4 is 24.1 Å². The van der Waals surface area contributed by atoms with Crippen molar-refractivity contribution in [1.29, 1.82) is 0 Å². The lowest BCUT2D eigenvalue weighted by Gasteiger charge is -2.09. The molecule has 0 fully saturated rings. The van der Waals surface area contributed by atoms with E-state index in [1.54, 1.807) is 0 Å². The van der Waals surface area contributed by atoms with Crippen molar-refractivity contribution in [2.45, 2.75) is 0 Å². The highest BCUT2D eigenvalue weighted by Crippen LogP contribution is 2.25. The van der Waals surface area contributed by atoms with Crippen LogP contribution in [0.4, 0.5) is 5.69 Å². The van der Waals surface area contributed by atoms with Crippen LogP contribution in [-0.2, 0) is 0 Å². The largest absolute Gasteiger partial charge is 0.867 e. The molecule has 0 radical (unpaired) electrons. The highest BCUT2D eigenvalue weighted by atomic mass is 32.1. The zero-order valence-corrected chi connectivity index (χ0v) is 12.9. The second kappa shape index (κ2) is 6.42. The van der Waals surface area contributed by atoms with E-state index in [4.69, 9.17) is 12.2 Å². The molecule has 0 atom stereocenters. The summed E-state index contributed by atoms with van der Waals surface area (Å²) >= 11 is 5.13. The van der Waals surface area contributed by atoms with Crippen LogP contribution in [0.2, 0.25) is 0 Å². The Morgan fingerprint density at radius 3 is 2.67 bits per heavy atom. The first kappa shape index (κ1) is 15.6. The van der Waals surface area contributed by atoms with Gasteiger partial charge in [0, 0.05) is 11.6 Å². The number of nitro benzene ring substituents is 1. The van der Waals surface area contributed by atoms with Crippen molar-refractivity contribution in [1.82, 2.24) is 14.9 Å². The molecule has 0 aliphatic heterocycles. The zero-order valence-electron chi connectivity index (χ0n) is 12.1. The molecule has 9 heteroatoms. The van der Waals surface area contributed by atoms with Gasteiger partial charge in [0.2, 0.25) is 4.77 Å². The lowest BCUT2D eigenvalue weighted by atomic mass is 10.2. The number of hydrogen-bond donors (Lipinski definition) is 1. The summed E-state index contributed by atoms with van der Waals surface area (Å²) in [7, 11) is 0. The average Bonchev–Trinajstić information content (AvgIpc) is 2.95. The van der Waals surface area contributed by atoms with Gasteiger partial charge in [-0.1, -0.05) is 42.5 Å². The van der Waals surface area contributed by atoms with Crippen LogP contribution in [0.15, 0.2) is 53.6 Å².